The first-order valence-electron chi connectivity index (χ1n) is 11.6. The molecule has 10 heteroatoms. The molecule has 0 bridgehead atoms. The SMILES string of the molecule is O=C(O)CC(O)CC(O)C=Cc1c(-c2ccc(F)cc2)nc(-c2cccc(C(F)(F)F)c2)nc1C1CC1. The Labute approximate surface area is 210 Å². The van der Waals surface area contributed by atoms with Crippen molar-refractivity contribution in [2.75, 3.05) is 0 Å². The van der Waals surface area contributed by atoms with Gasteiger partial charge in [0.15, 0.2) is 5.82 Å². The zero-order chi connectivity index (χ0) is 26.7. The van der Waals surface area contributed by atoms with Gasteiger partial charge in [-0.1, -0.05) is 24.3 Å². The number of alkyl halides is 3. The van der Waals surface area contributed by atoms with E-state index in [1.165, 1.54) is 42.5 Å². The second-order valence-corrected chi connectivity index (χ2v) is 8.97. The number of carboxylic acid groups (broad SMARTS) is 1. The van der Waals surface area contributed by atoms with Crippen molar-refractivity contribution in [1.82, 2.24) is 9.97 Å². The third-order valence-electron chi connectivity index (χ3n) is 5.91. The Balaban J connectivity index is 1.80. The van der Waals surface area contributed by atoms with Gasteiger partial charge in [0, 0.05) is 29.0 Å². The number of aromatic nitrogens is 2. The van der Waals surface area contributed by atoms with Crippen LogP contribution in [0.3, 0.4) is 0 Å². The summed E-state index contributed by atoms with van der Waals surface area (Å²) < 4.78 is 53.6. The average molecular weight is 516 g/mol. The lowest BCUT2D eigenvalue weighted by atomic mass is 9.99. The molecule has 0 spiro atoms. The molecule has 1 aliphatic rings. The molecule has 0 radical (unpaired) electrons. The lowest BCUT2D eigenvalue weighted by Crippen LogP contribution is -2.19. The average Bonchev–Trinajstić information content (AvgIpc) is 3.67. The van der Waals surface area contributed by atoms with E-state index in [1.54, 1.807) is 6.08 Å². The predicted molar refractivity (Wildman–Crippen MR) is 128 cm³/mol. The standard InChI is InChI=1S/C27H24F4N2O4/c28-19-8-6-16(7-9-19)25-22(11-10-20(34)13-21(35)14-23(36)37)24(15-4-5-15)32-26(33-25)17-2-1-3-18(12-17)27(29,30)31/h1-3,6-12,15,20-21,34-35H,4-5,13-14H2,(H,36,37). The summed E-state index contributed by atoms with van der Waals surface area (Å²) in [6, 6.07) is 10.2. The molecule has 3 aromatic rings. The third kappa shape index (κ3) is 6.78. The summed E-state index contributed by atoms with van der Waals surface area (Å²) in [7, 11) is 0. The van der Waals surface area contributed by atoms with Gasteiger partial charge in [0.25, 0.3) is 0 Å². The molecular formula is C27H24F4N2O4. The number of benzene rings is 2. The van der Waals surface area contributed by atoms with E-state index in [4.69, 9.17) is 5.11 Å². The quantitative estimate of drug-likeness (QED) is 0.327. The van der Waals surface area contributed by atoms with Gasteiger partial charge in [-0.2, -0.15) is 13.2 Å². The number of aliphatic carboxylic acids is 1. The van der Waals surface area contributed by atoms with Gasteiger partial charge in [-0.3, -0.25) is 4.79 Å². The first kappa shape index (κ1) is 26.4. The van der Waals surface area contributed by atoms with Gasteiger partial charge in [0.05, 0.1) is 35.6 Å². The summed E-state index contributed by atoms with van der Waals surface area (Å²) in [6.07, 6.45) is -3.15. The second kappa shape index (κ2) is 10.8. The number of hydrogen-bond acceptors (Lipinski definition) is 5. The van der Waals surface area contributed by atoms with E-state index in [2.05, 4.69) is 9.97 Å². The van der Waals surface area contributed by atoms with Gasteiger partial charge in [-0.05, 0) is 49.2 Å². The van der Waals surface area contributed by atoms with Crippen LogP contribution < -0.4 is 0 Å². The van der Waals surface area contributed by atoms with Gasteiger partial charge in [0.1, 0.15) is 5.82 Å². The molecule has 1 fully saturated rings. The van der Waals surface area contributed by atoms with Crippen LogP contribution >= 0.6 is 0 Å². The van der Waals surface area contributed by atoms with Crippen molar-refractivity contribution in [3.63, 3.8) is 0 Å². The maximum atomic E-state index is 13.6. The molecule has 2 aromatic carbocycles. The van der Waals surface area contributed by atoms with E-state index >= 15 is 0 Å². The van der Waals surface area contributed by atoms with Crippen LogP contribution in [-0.4, -0.2) is 43.5 Å². The number of rotatable bonds is 9. The van der Waals surface area contributed by atoms with Crippen LogP contribution in [-0.2, 0) is 11.0 Å². The number of carbonyl (C=O) groups is 1. The van der Waals surface area contributed by atoms with Crippen LogP contribution in [0, 0.1) is 5.82 Å². The van der Waals surface area contributed by atoms with Crippen LogP contribution in [0.4, 0.5) is 17.6 Å². The zero-order valence-electron chi connectivity index (χ0n) is 19.5. The Morgan fingerprint density at radius 3 is 2.38 bits per heavy atom. The third-order valence-corrected chi connectivity index (χ3v) is 5.91. The highest BCUT2D eigenvalue weighted by Gasteiger charge is 2.32. The summed E-state index contributed by atoms with van der Waals surface area (Å²) in [6.45, 7) is 0. The van der Waals surface area contributed by atoms with Crippen LogP contribution in [0.15, 0.2) is 54.6 Å². The maximum absolute atomic E-state index is 13.6. The molecule has 2 atom stereocenters. The number of halogens is 4. The zero-order valence-corrected chi connectivity index (χ0v) is 19.5. The molecule has 2 unspecified atom stereocenters. The van der Waals surface area contributed by atoms with E-state index < -0.39 is 42.2 Å². The minimum absolute atomic E-state index is 0.0288. The summed E-state index contributed by atoms with van der Waals surface area (Å²) in [5, 5.41) is 29.0. The van der Waals surface area contributed by atoms with Gasteiger partial charge in [-0.15, -0.1) is 0 Å². The summed E-state index contributed by atoms with van der Waals surface area (Å²) in [5.74, 6) is -1.56. The number of carboxylic acids is 1. The minimum atomic E-state index is -4.54. The summed E-state index contributed by atoms with van der Waals surface area (Å²) in [4.78, 5) is 19.9. The van der Waals surface area contributed by atoms with Crippen molar-refractivity contribution < 1.29 is 37.7 Å². The monoisotopic (exact) mass is 516 g/mol. The predicted octanol–water partition coefficient (Wildman–Crippen LogP) is 5.45. The molecule has 1 aromatic heterocycles. The molecule has 0 saturated heterocycles. The van der Waals surface area contributed by atoms with E-state index in [0.29, 0.717) is 22.5 Å². The molecule has 194 valence electrons. The van der Waals surface area contributed by atoms with E-state index in [1.807, 2.05) is 0 Å². The molecule has 0 amide bonds. The maximum Gasteiger partial charge on any atom is 0.416 e. The fraction of sp³-hybridized carbons (Fsp3) is 0.296. The molecule has 4 rings (SSSR count). The largest absolute Gasteiger partial charge is 0.481 e. The van der Waals surface area contributed by atoms with Crippen molar-refractivity contribution in [2.45, 2.75) is 50.0 Å². The van der Waals surface area contributed by atoms with Crippen LogP contribution in [0.5, 0.6) is 0 Å². The van der Waals surface area contributed by atoms with Crippen molar-refractivity contribution in [3.05, 3.63) is 77.2 Å². The van der Waals surface area contributed by atoms with Gasteiger partial charge in [0.2, 0.25) is 0 Å². The minimum Gasteiger partial charge on any atom is -0.481 e. The van der Waals surface area contributed by atoms with Crippen LogP contribution in [0.2, 0.25) is 0 Å². The fourth-order valence-electron chi connectivity index (χ4n) is 3.96. The lowest BCUT2D eigenvalue weighted by Gasteiger charge is -2.15. The summed E-state index contributed by atoms with van der Waals surface area (Å²) >= 11 is 0. The Kier molecular flexibility index (Phi) is 7.70. The van der Waals surface area contributed by atoms with Gasteiger partial charge < -0.3 is 15.3 Å². The Bertz CT molecular complexity index is 1300. The Hall–Kier alpha value is -3.63. The van der Waals surface area contributed by atoms with Crippen molar-refractivity contribution in [2.24, 2.45) is 0 Å². The first-order chi connectivity index (χ1) is 17.5. The lowest BCUT2D eigenvalue weighted by molar-refractivity contribution is -0.139. The van der Waals surface area contributed by atoms with E-state index in [-0.39, 0.29) is 23.7 Å². The molecule has 0 aliphatic heterocycles. The number of aliphatic hydroxyl groups excluding tert-OH is 2. The highest BCUT2D eigenvalue weighted by Crippen LogP contribution is 2.44. The van der Waals surface area contributed by atoms with Crippen molar-refractivity contribution in [1.29, 1.82) is 0 Å². The molecule has 1 heterocycles. The van der Waals surface area contributed by atoms with E-state index in [9.17, 15) is 32.6 Å². The van der Waals surface area contributed by atoms with Crippen LogP contribution in [0.1, 0.15) is 48.4 Å². The topological polar surface area (TPSA) is 104 Å². The molecule has 3 N–H and O–H groups in total. The highest BCUT2D eigenvalue weighted by atomic mass is 19.4. The Morgan fingerprint density at radius 1 is 1.05 bits per heavy atom. The highest BCUT2D eigenvalue weighted by molar-refractivity contribution is 5.76. The first-order valence-corrected chi connectivity index (χ1v) is 11.6. The molecule has 1 aliphatic carbocycles. The summed E-state index contributed by atoms with van der Waals surface area (Å²) in [5.41, 5.74) is 1.27. The van der Waals surface area contributed by atoms with Crippen molar-refractivity contribution >= 4 is 12.0 Å². The van der Waals surface area contributed by atoms with Gasteiger partial charge in [-0.25, -0.2) is 14.4 Å². The molecule has 1 saturated carbocycles. The number of aliphatic hydroxyl groups is 2. The van der Waals surface area contributed by atoms with Gasteiger partial charge >= 0.3 is 12.1 Å². The molecule has 6 nitrogen and oxygen atoms in total. The van der Waals surface area contributed by atoms with Crippen molar-refractivity contribution in [3.8, 4) is 22.6 Å². The van der Waals surface area contributed by atoms with Crippen LogP contribution in [0.25, 0.3) is 28.7 Å². The molecular weight excluding hydrogens is 492 g/mol. The smallest absolute Gasteiger partial charge is 0.416 e. The second-order valence-electron chi connectivity index (χ2n) is 8.97. The normalized spacial score (nSPS) is 15.6. The molecule has 37 heavy (non-hydrogen) atoms. The Morgan fingerprint density at radius 2 is 1.76 bits per heavy atom. The fourth-order valence-corrected chi connectivity index (χ4v) is 3.96. The number of nitrogens with zero attached hydrogens (tertiary/aromatic N) is 2. The number of hydrogen-bond donors (Lipinski definition) is 3. The van der Waals surface area contributed by atoms with E-state index in [0.717, 1.165) is 25.0 Å².